The van der Waals surface area contributed by atoms with Crippen LogP contribution in [0, 0.1) is 0 Å². The topological polar surface area (TPSA) is 126 Å². The summed E-state index contributed by atoms with van der Waals surface area (Å²) in [6.45, 7) is 1.18. The van der Waals surface area contributed by atoms with E-state index in [1.165, 1.54) is 5.01 Å². The number of hydrogen-bond donors (Lipinski definition) is 5. The summed E-state index contributed by atoms with van der Waals surface area (Å²) in [4.78, 5) is 21.0. The molecule has 0 spiro atoms. The van der Waals surface area contributed by atoms with Crippen LogP contribution in [-0.4, -0.2) is 36.5 Å². The van der Waals surface area contributed by atoms with Gasteiger partial charge in [0, 0.05) is 13.1 Å². The summed E-state index contributed by atoms with van der Waals surface area (Å²) in [7, 11) is 0. The van der Waals surface area contributed by atoms with Crippen LogP contribution in [0.15, 0.2) is 0 Å². The van der Waals surface area contributed by atoms with Crippen LogP contribution in [0.4, 0.5) is 9.59 Å². The summed E-state index contributed by atoms with van der Waals surface area (Å²) in [6.07, 6.45) is -0.495. The van der Waals surface area contributed by atoms with Crippen molar-refractivity contribution in [1.29, 1.82) is 0 Å². The molecule has 0 aromatic heterocycles. The number of urea groups is 2. The van der Waals surface area contributed by atoms with E-state index >= 15 is 0 Å². The fourth-order valence-electron chi connectivity index (χ4n) is 1.09. The molecule has 0 bridgehead atoms. The van der Waals surface area contributed by atoms with Gasteiger partial charge in [-0.2, -0.15) is 5.01 Å². The highest BCUT2D eigenvalue weighted by Crippen LogP contribution is 1.94. The smallest absolute Gasteiger partial charge is 0.326 e. The first-order valence-corrected chi connectivity index (χ1v) is 3.71. The van der Waals surface area contributed by atoms with Crippen molar-refractivity contribution < 1.29 is 9.59 Å². The maximum atomic E-state index is 10.5. The Morgan fingerprint density at radius 3 is 2.62 bits per heavy atom. The van der Waals surface area contributed by atoms with Gasteiger partial charge in [-0.1, -0.05) is 0 Å². The van der Waals surface area contributed by atoms with E-state index in [1.807, 2.05) is 0 Å². The standard InChI is InChI=1S/C5H12N6O2/c6-3(12)9-5-8-1-2-11(5)10-4(7)13/h5,8H,1-2H2,(H3,6,9,12)(H3,7,10,13). The summed E-state index contributed by atoms with van der Waals surface area (Å²) in [5, 5.41) is 6.72. The van der Waals surface area contributed by atoms with E-state index in [4.69, 9.17) is 11.5 Å². The molecule has 0 radical (unpaired) electrons. The lowest BCUT2D eigenvalue weighted by Gasteiger charge is -2.23. The summed E-state index contributed by atoms with van der Waals surface area (Å²) in [6, 6.07) is -1.35. The zero-order valence-corrected chi connectivity index (χ0v) is 6.91. The number of nitrogens with zero attached hydrogens (tertiary/aromatic N) is 1. The number of carbonyl (C=O) groups excluding carboxylic acids is 2. The molecule has 1 aliphatic heterocycles. The molecule has 7 N–H and O–H groups in total. The second kappa shape index (κ2) is 3.92. The zero-order chi connectivity index (χ0) is 9.84. The largest absolute Gasteiger partial charge is 0.352 e. The SMILES string of the molecule is NC(=O)NC1NCCN1NC(N)=O. The fourth-order valence-corrected chi connectivity index (χ4v) is 1.09. The van der Waals surface area contributed by atoms with E-state index < -0.39 is 18.4 Å². The lowest BCUT2D eigenvalue weighted by molar-refractivity contribution is 0.147. The quantitative estimate of drug-likeness (QED) is 0.326. The number of rotatable bonds is 2. The predicted octanol–water partition coefficient (Wildman–Crippen LogP) is -2.57. The summed E-state index contributed by atoms with van der Waals surface area (Å²) >= 11 is 0. The van der Waals surface area contributed by atoms with Gasteiger partial charge >= 0.3 is 12.1 Å². The van der Waals surface area contributed by atoms with Crippen LogP contribution in [-0.2, 0) is 0 Å². The molecule has 0 saturated carbocycles. The minimum absolute atomic E-state index is 0.495. The van der Waals surface area contributed by atoms with Crippen LogP contribution in [0.5, 0.6) is 0 Å². The second-order valence-corrected chi connectivity index (χ2v) is 2.53. The number of primary amides is 2. The van der Waals surface area contributed by atoms with Crippen molar-refractivity contribution in [2.45, 2.75) is 6.29 Å². The first kappa shape index (κ1) is 9.55. The molecule has 1 atom stereocenters. The van der Waals surface area contributed by atoms with E-state index in [9.17, 15) is 9.59 Å². The minimum atomic E-state index is -0.681. The highest BCUT2D eigenvalue weighted by Gasteiger charge is 2.25. The normalized spacial score (nSPS) is 22.6. The van der Waals surface area contributed by atoms with Crippen molar-refractivity contribution in [2.75, 3.05) is 13.1 Å². The molecule has 8 nitrogen and oxygen atoms in total. The lowest BCUT2D eigenvalue weighted by atomic mass is 10.7. The Bertz CT molecular complexity index is 197. The molecule has 1 rings (SSSR count). The number of hydrazine groups is 1. The number of amides is 4. The minimum Gasteiger partial charge on any atom is -0.352 e. The molecule has 4 amide bonds. The third kappa shape index (κ3) is 2.76. The average Bonchev–Trinajstić information content (AvgIpc) is 2.34. The molecule has 1 saturated heterocycles. The van der Waals surface area contributed by atoms with Crippen LogP contribution in [0.2, 0.25) is 0 Å². The molecule has 74 valence electrons. The van der Waals surface area contributed by atoms with Crippen molar-refractivity contribution in [3.63, 3.8) is 0 Å². The maximum absolute atomic E-state index is 10.5. The van der Waals surface area contributed by atoms with E-state index in [2.05, 4.69) is 16.1 Å². The van der Waals surface area contributed by atoms with Crippen LogP contribution in [0.1, 0.15) is 0 Å². The van der Waals surface area contributed by atoms with Gasteiger partial charge in [-0.15, -0.1) is 0 Å². The summed E-state index contributed by atoms with van der Waals surface area (Å²) < 4.78 is 0. The Balaban J connectivity index is 2.43. The van der Waals surface area contributed by atoms with Crippen molar-refractivity contribution in [3.8, 4) is 0 Å². The Labute approximate surface area is 74.6 Å². The molecule has 1 unspecified atom stereocenters. The Kier molecular flexibility index (Phi) is 2.88. The number of carbonyl (C=O) groups is 2. The molecular weight excluding hydrogens is 176 g/mol. The zero-order valence-electron chi connectivity index (χ0n) is 6.91. The Morgan fingerprint density at radius 2 is 2.08 bits per heavy atom. The molecule has 1 heterocycles. The van der Waals surface area contributed by atoms with E-state index in [0.29, 0.717) is 13.1 Å². The van der Waals surface area contributed by atoms with Crippen molar-refractivity contribution in [3.05, 3.63) is 0 Å². The van der Waals surface area contributed by atoms with E-state index in [-0.39, 0.29) is 0 Å². The summed E-state index contributed by atoms with van der Waals surface area (Å²) in [5.74, 6) is 0. The molecule has 0 aliphatic carbocycles. The maximum Gasteiger partial charge on any atom is 0.326 e. The second-order valence-electron chi connectivity index (χ2n) is 2.53. The van der Waals surface area contributed by atoms with Crippen molar-refractivity contribution in [1.82, 2.24) is 21.1 Å². The summed E-state index contributed by atoms with van der Waals surface area (Å²) in [5.41, 5.74) is 12.1. The molecular formula is C5H12N6O2. The highest BCUT2D eigenvalue weighted by molar-refractivity contribution is 5.72. The van der Waals surface area contributed by atoms with Gasteiger partial charge in [0.2, 0.25) is 0 Å². The number of nitrogens with two attached hydrogens (primary N) is 2. The predicted molar refractivity (Wildman–Crippen MR) is 43.9 cm³/mol. The Morgan fingerprint density at radius 1 is 1.38 bits per heavy atom. The monoisotopic (exact) mass is 188 g/mol. The molecule has 1 aliphatic rings. The first-order chi connectivity index (χ1) is 6.09. The van der Waals surface area contributed by atoms with E-state index in [0.717, 1.165) is 0 Å². The van der Waals surface area contributed by atoms with Gasteiger partial charge in [-0.25, -0.2) is 9.59 Å². The van der Waals surface area contributed by atoms with Crippen molar-refractivity contribution >= 4 is 12.1 Å². The fraction of sp³-hybridized carbons (Fsp3) is 0.600. The molecule has 13 heavy (non-hydrogen) atoms. The first-order valence-electron chi connectivity index (χ1n) is 3.71. The van der Waals surface area contributed by atoms with Crippen LogP contribution in [0.3, 0.4) is 0 Å². The third-order valence-corrected chi connectivity index (χ3v) is 1.53. The van der Waals surface area contributed by atoms with Gasteiger partial charge in [0.15, 0.2) is 6.29 Å². The molecule has 0 aromatic rings. The van der Waals surface area contributed by atoms with E-state index in [1.54, 1.807) is 0 Å². The number of nitrogens with one attached hydrogen (secondary N) is 3. The molecule has 1 fully saturated rings. The lowest BCUT2D eigenvalue weighted by Crippen LogP contribution is -2.58. The highest BCUT2D eigenvalue weighted by atomic mass is 16.2. The molecule has 0 aromatic carbocycles. The Hall–Kier alpha value is -1.54. The van der Waals surface area contributed by atoms with Gasteiger partial charge in [-0.3, -0.25) is 10.7 Å². The van der Waals surface area contributed by atoms with Gasteiger partial charge in [-0.05, 0) is 0 Å². The van der Waals surface area contributed by atoms with Gasteiger partial charge in [0.25, 0.3) is 0 Å². The van der Waals surface area contributed by atoms with Crippen LogP contribution < -0.4 is 27.5 Å². The average molecular weight is 188 g/mol. The van der Waals surface area contributed by atoms with Crippen molar-refractivity contribution in [2.24, 2.45) is 11.5 Å². The van der Waals surface area contributed by atoms with Crippen LogP contribution >= 0.6 is 0 Å². The third-order valence-electron chi connectivity index (χ3n) is 1.53. The van der Waals surface area contributed by atoms with Gasteiger partial charge in [0.1, 0.15) is 0 Å². The van der Waals surface area contributed by atoms with Gasteiger partial charge < -0.3 is 16.8 Å². The number of hydrogen-bond acceptors (Lipinski definition) is 4. The van der Waals surface area contributed by atoms with Gasteiger partial charge in [0.05, 0.1) is 0 Å². The molecule has 8 heteroatoms. The van der Waals surface area contributed by atoms with Crippen LogP contribution in [0.25, 0.3) is 0 Å².